The summed E-state index contributed by atoms with van der Waals surface area (Å²) >= 11 is 0. The minimum absolute atomic E-state index is 0.360. The summed E-state index contributed by atoms with van der Waals surface area (Å²) in [5.74, 6) is 2.34. The van der Waals surface area contributed by atoms with Crippen LogP contribution >= 0.6 is 0 Å². The molecule has 1 aliphatic carbocycles. The third kappa shape index (κ3) is 2.88. The van der Waals surface area contributed by atoms with E-state index in [0.717, 1.165) is 31.1 Å². The standard InChI is InChI=1S/C12H23N3O/c13-12(14-16)6-1-2-7-15-8-10-4-3-5-11(10)9-15/h10-11,16H,1-9H2,(H2,13,14). The number of fused-ring (bicyclic) bond motifs is 1. The minimum Gasteiger partial charge on any atom is -0.409 e. The summed E-state index contributed by atoms with van der Waals surface area (Å²) in [6, 6.07) is 0. The highest BCUT2D eigenvalue weighted by Crippen LogP contribution is 2.37. The SMILES string of the molecule is NC(CCCCN1CC2CCCC2C1)=NO. The predicted octanol–water partition coefficient (Wildman–Crippen LogP) is 1.63. The fraction of sp³-hybridized carbons (Fsp3) is 0.917. The van der Waals surface area contributed by atoms with Crippen LogP contribution in [0.15, 0.2) is 5.16 Å². The number of rotatable bonds is 5. The van der Waals surface area contributed by atoms with Gasteiger partial charge in [-0.3, -0.25) is 0 Å². The zero-order valence-electron chi connectivity index (χ0n) is 9.94. The number of hydrogen-bond acceptors (Lipinski definition) is 3. The molecule has 2 atom stereocenters. The number of likely N-dealkylation sites (tertiary alicyclic amines) is 1. The first-order chi connectivity index (χ1) is 7.79. The first-order valence-electron chi connectivity index (χ1n) is 6.48. The Labute approximate surface area is 97.5 Å². The Balaban J connectivity index is 1.58. The third-order valence-corrected chi connectivity index (χ3v) is 4.09. The molecule has 0 spiro atoms. The molecule has 4 heteroatoms. The van der Waals surface area contributed by atoms with Gasteiger partial charge in [-0.15, -0.1) is 0 Å². The summed E-state index contributed by atoms with van der Waals surface area (Å²) in [6.45, 7) is 3.81. The predicted molar refractivity (Wildman–Crippen MR) is 64.5 cm³/mol. The zero-order chi connectivity index (χ0) is 11.4. The van der Waals surface area contributed by atoms with Gasteiger partial charge in [0.1, 0.15) is 5.84 Å². The van der Waals surface area contributed by atoms with Crippen molar-refractivity contribution in [2.45, 2.75) is 38.5 Å². The molecule has 1 heterocycles. The van der Waals surface area contributed by atoms with Crippen molar-refractivity contribution in [2.24, 2.45) is 22.7 Å². The van der Waals surface area contributed by atoms with Gasteiger partial charge in [0.2, 0.25) is 0 Å². The highest BCUT2D eigenvalue weighted by atomic mass is 16.4. The second-order valence-corrected chi connectivity index (χ2v) is 5.26. The first kappa shape index (κ1) is 11.7. The van der Waals surface area contributed by atoms with Crippen molar-refractivity contribution in [2.75, 3.05) is 19.6 Å². The molecule has 0 aromatic heterocycles. The Hall–Kier alpha value is -0.770. The molecule has 2 fully saturated rings. The van der Waals surface area contributed by atoms with Gasteiger partial charge < -0.3 is 15.8 Å². The monoisotopic (exact) mass is 225 g/mol. The van der Waals surface area contributed by atoms with Gasteiger partial charge in [0, 0.05) is 19.5 Å². The zero-order valence-corrected chi connectivity index (χ0v) is 9.94. The van der Waals surface area contributed by atoms with Gasteiger partial charge in [-0.25, -0.2) is 0 Å². The van der Waals surface area contributed by atoms with Crippen LogP contribution in [0.4, 0.5) is 0 Å². The molecule has 0 radical (unpaired) electrons. The van der Waals surface area contributed by atoms with E-state index in [1.54, 1.807) is 0 Å². The van der Waals surface area contributed by atoms with Crippen molar-refractivity contribution < 1.29 is 5.21 Å². The van der Waals surface area contributed by atoms with Crippen LogP contribution in [0.1, 0.15) is 38.5 Å². The van der Waals surface area contributed by atoms with Crippen molar-refractivity contribution in [3.8, 4) is 0 Å². The van der Waals surface area contributed by atoms with Gasteiger partial charge in [-0.1, -0.05) is 11.6 Å². The van der Waals surface area contributed by atoms with E-state index in [4.69, 9.17) is 10.9 Å². The van der Waals surface area contributed by atoms with Crippen LogP contribution in [0.25, 0.3) is 0 Å². The number of hydrogen-bond donors (Lipinski definition) is 2. The molecule has 4 nitrogen and oxygen atoms in total. The van der Waals surface area contributed by atoms with Crippen LogP contribution in [0.2, 0.25) is 0 Å². The molecule has 2 rings (SSSR count). The van der Waals surface area contributed by atoms with E-state index >= 15 is 0 Å². The summed E-state index contributed by atoms with van der Waals surface area (Å²) in [6.07, 6.45) is 7.26. The Kier molecular flexibility index (Phi) is 4.04. The maximum atomic E-state index is 8.41. The van der Waals surface area contributed by atoms with Gasteiger partial charge >= 0.3 is 0 Å². The summed E-state index contributed by atoms with van der Waals surface area (Å²) < 4.78 is 0. The van der Waals surface area contributed by atoms with Crippen molar-refractivity contribution in [3.63, 3.8) is 0 Å². The van der Waals surface area contributed by atoms with E-state index < -0.39 is 0 Å². The first-order valence-corrected chi connectivity index (χ1v) is 6.48. The van der Waals surface area contributed by atoms with E-state index in [2.05, 4.69) is 10.1 Å². The second kappa shape index (κ2) is 5.53. The van der Waals surface area contributed by atoms with E-state index in [1.807, 2.05) is 0 Å². The molecule has 0 aromatic rings. The molecule has 92 valence electrons. The highest BCUT2D eigenvalue weighted by Gasteiger charge is 2.35. The largest absolute Gasteiger partial charge is 0.409 e. The van der Waals surface area contributed by atoms with Crippen LogP contribution in [0.3, 0.4) is 0 Å². The highest BCUT2D eigenvalue weighted by molar-refractivity contribution is 5.79. The average Bonchev–Trinajstić information content (AvgIpc) is 2.84. The van der Waals surface area contributed by atoms with E-state index in [9.17, 15) is 0 Å². The Bertz CT molecular complexity index is 243. The van der Waals surface area contributed by atoms with Gasteiger partial charge in [0.15, 0.2) is 0 Å². The summed E-state index contributed by atoms with van der Waals surface area (Å²) in [4.78, 5) is 2.60. The fourth-order valence-electron chi connectivity index (χ4n) is 3.21. The number of unbranched alkanes of at least 4 members (excludes halogenated alkanes) is 1. The molecule has 1 aliphatic heterocycles. The quantitative estimate of drug-likeness (QED) is 0.246. The number of nitrogens with zero attached hydrogens (tertiary/aromatic N) is 2. The number of amidine groups is 1. The van der Waals surface area contributed by atoms with Crippen LogP contribution < -0.4 is 5.73 Å². The lowest BCUT2D eigenvalue weighted by atomic mass is 10.0. The maximum Gasteiger partial charge on any atom is 0.139 e. The Morgan fingerprint density at radius 3 is 2.56 bits per heavy atom. The molecule has 2 unspecified atom stereocenters. The Morgan fingerprint density at radius 1 is 1.25 bits per heavy atom. The topological polar surface area (TPSA) is 61.8 Å². The van der Waals surface area contributed by atoms with Gasteiger partial charge in [-0.2, -0.15) is 0 Å². The van der Waals surface area contributed by atoms with Crippen LogP contribution in [0.5, 0.6) is 0 Å². The third-order valence-electron chi connectivity index (χ3n) is 4.09. The smallest absolute Gasteiger partial charge is 0.139 e. The fourth-order valence-corrected chi connectivity index (χ4v) is 3.21. The van der Waals surface area contributed by atoms with Gasteiger partial charge in [-0.05, 0) is 44.1 Å². The van der Waals surface area contributed by atoms with E-state index in [1.165, 1.54) is 38.9 Å². The molecule has 1 saturated heterocycles. The van der Waals surface area contributed by atoms with Crippen molar-refractivity contribution in [1.29, 1.82) is 0 Å². The molecule has 1 saturated carbocycles. The minimum atomic E-state index is 0.360. The van der Waals surface area contributed by atoms with Crippen molar-refractivity contribution >= 4 is 5.84 Å². The summed E-state index contributed by atoms with van der Waals surface area (Å²) in [7, 11) is 0. The van der Waals surface area contributed by atoms with E-state index in [0.29, 0.717) is 5.84 Å². The molecule has 16 heavy (non-hydrogen) atoms. The molecule has 2 aliphatic rings. The van der Waals surface area contributed by atoms with Crippen LogP contribution in [0, 0.1) is 11.8 Å². The van der Waals surface area contributed by atoms with Crippen molar-refractivity contribution in [1.82, 2.24) is 4.90 Å². The molecule has 0 bridgehead atoms. The maximum absolute atomic E-state index is 8.41. The number of oxime groups is 1. The molecule has 0 aromatic carbocycles. The molecule has 3 N–H and O–H groups in total. The lowest BCUT2D eigenvalue weighted by Gasteiger charge is -2.16. The average molecular weight is 225 g/mol. The Morgan fingerprint density at radius 2 is 1.94 bits per heavy atom. The van der Waals surface area contributed by atoms with Gasteiger partial charge in [0.05, 0.1) is 0 Å². The number of nitrogens with two attached hydrogens (primary N) is 1. The lowest BCUT2D eigenvalue weighted by Crippen LogP contribution is -2.23. The summed E-state index contributed by atoms with van der Waals surface area (Å²) in [5, 5.41) is 11.4. The molecular formula is C12H23N3O. The second-order valence-electron chi connectivity index (χ2n) is 5.26. The van der Waals surface area contributed by atoms with Crippen LogP contribution in [-0.2, 0) is 0 Å². The molecule has 0 amide bonds. The van der Waals surface area contributed by atoms with Crippen molar-refractivity contribution in [3.05, 3.63) is 0 Å². The normalized spacial score (nSPS) is 30.9. The molecular weight excluding hydrogens is 202 g/mol. The lowest BCUT2D eigenvalue weighted by molar-refractivity contribution is 0.303. The van der Waals surface area contributed by atoms with E-state index in [-0.39, 0.29) is 0 Å². The summed E-state index contributed by atoms with van der Waals surface area (Å²) in [5.41, 5.74) is 5.43. The van der Waals surface area contributed by atoms with Crippen LogP contribution in [-0.4, -0.2) is 35.6 Å². The van der Waals surface area contributed by atoms with Gasteiger partial charge in [0.25, 0.3) is 0 Å².